The lowest BCUT2D eigenvalue weighted by Crippen LogP contribution is -2.44. The molecule has 1 amide bonds. The molecular weight excluding hydrogens is 372 g/mol. The molecule has 0 spiro atoms. The minimum atomic E-state index is -0.830. The number of hydrogen-bond donors (Lipinski definition) is 0. The van der Waals surface area contributed by atoms with Crippen LogP contribution in [0.4, 0.5) is 8.78 Å². The maximum atomic E-state index is 14.2. The number of esters is 1. The van der Waals surface area contributed by atoms with Gasteiger partial charge in [0.25, 0.3) is 5.91 Å². The van der Waals surface area contributed by atoms with Crippen LogP contribution in [0.5, 0.6) is 0 Å². The zero-order valence-electron chi connectivity index (χ0n) is 14.7. The van der Waals surface area contributed by atoms with Crippen LogP contribution in [-0.4, -0.2) is 35.2 Å². The number of ether oxygens (including phenoxy) is 1. The fraction of sp³-hybridized carbons (Fsp3) is 0.300. The molecule has 0 saturated carbocycles. The van der Waals surface area contributed by atoms with Crippen molar-refractivity contribution in [3.63, 3.8) is 0 Å². The van der Waals surface area contributed by atoms with Crippen LogP contribution in [0.3, 0.4) is 0 Å². The predicted octanol–water partition coefficient (Wildman–Crippen LogP) is 4.17. The molecule has 3 rings (SSSR count). The van der Waals surface area contributed by atoms with Crippen LogP contribution in [0.1, 0.15) is 34.6 Å². The summed E-state index contributed by atoms with van der Waals surface area (Å²) in [5.41, 5.74) is 0.553. The van der Waals surface area contributed by atoms with Crippen molar-refractivity contribution < 1.29 is 23.1 Å². The van der Waals surface area contributed by atoms with Gasteiger partial charge >= 0.3 is 5.97 Å². The Balaban J connectivity index is 1.96. The molecule has 1 heterocycles. The fourth-order valence-corrected chi connectivity index (χ4v) is 4.31. The van der Waals surface area contributed by atoms with Crippen LogP contribution in [0, 0.1) is 11.6 Å². The summed E-state index contributed by atoms with van der Waals surface area (Å²) in [4.78, 5) is 26.9. The number of rotatable bonds is 5. The third-order valence-corrected chi connectivity index (χ3v) is 5.54. The summed E-state index contributed by atoms with van der Waals surface area (Å²) in [5.74, 6) is -1.83. The molecule has 1 aliphatic rings. The number of nitrogens with zero attached hydrogens (tertiary/aromatic N) is 1. The second kappa shape index (κ2) is 8.52. The molecule has 2 unspecified atom stereocenters. The van der Waals surface area contributed by atoms with Gasteiger partial charge in [0.15, 0.2) is 0 Å². The Morgan fingerprint density at radius 3 is 2.52 bits per heavy atom. The lowest BCUT2D eigenvalue weighted by Gasteiger charge is -2.28. The molecule has 4 nitrogen and oxygen atoms in total. The average Bonchev–Trinajstić information content (AvgIpc) is 3.11. The standard InChI is InChI=1S/C20H19F2NO3S/c1-2-11-26-20(25)17-12-27-19(13-7-9-14(21)10-8-13)23(17)18(24)15-5-3-4-6-16(15)22/h3-10,17,19H,2,11-12H2,1H3. The summed E-state index contributed by atoms with van der Waals surface area (Å²) < 4.78 is 32.7. The van der Waals surface area contributed by atoms with Crippen molar-refractivity contribution in [2.24, 2.45) is 0 Å². The minimum Gasteiger partial charge on any atom is -0.464 e. The Bertz CT molecular complexity index is 828. The molecule has 0 aliphatic carbocycles. The first-order valence-corrected chi connectivity index (χ1v) is 9.68. The van der Waals surface area contributed by atoms with E-state index in [1.807, 2.05) is 6.92 Å². The molecule has 1 saturated heterocycles. The fourth-order valence-electron chi connectivity index (χ4n) is 2.89. The van der Waals surface area contributed by atoms with E-state index in [4.69, 9.17) is 4.74 Å². The van der Waals surface area contributed by atoms with Crippen LogP contribution in [0.25, 0.3) is 0 Å². The molecule has 0 N–H and O–H groups in total. The molecule has 0 bridgehead atoms. The monoisotopic (exact) mass is 391 g/mol. The highest BCUT2D eigenvalue weighted by atomic mass is 32.2. The molecule has 1 fully saturated rings. The van der Waals surface area contributed by atoms with Gasteiger partial charge in [0.1, 0.15) is 23.1 Å². The van der Waals surface area contributed by atoms with Gasteiger partial charge in [0.05, 0.1) is 12.2 Å². The van der Waals surface area contributed by atoms with Crippen LogP contribution in [0.2, 0.25) is 0 Å². The van der Waals surface area contributed by atoms with Gasteiger partial charge < -0.3 is 9.64 Å². The summed E-state index contributed by atoms with van der Waals surface area (Å²) in [6.45, 7) is 2.13. The highest BCUT2D eigenvalue weighted by molar-refractivity contribution is 7.99. The van der Waals surface area contributed by atoms with Crippen molar-refractivity contribution in [2.45, 2.75) is 24.8 Å². The van der Waals surface area contributed by atoms with Crippen LogP contribution in [0.15, 0.2) is 48.5 Å². The van der Waals surface area contributed by atoms with Crippen LogP contribution >= 0.6 is 11.8 Å². The van der Waals surface area contributed by atoms with E-state index >= 15 is 0 Å². The molecule has 7 heteroatoms. The van der Waals surface area contributed by atoms with Crippen molar-refractivity contribution in [3.8, 4) is 0 Å². The number of hydrogen-bond acceptors (Lipinski definition) is 4. The molecule has 142 valence electrons. The van der Waals surface area contributed by atoms with Gasteiger partial charge in [-0.2, -0.15) is 0 Å². The summed E-state index contributed by atoms with van der Waals surface area (Å²) in [7, 11) is 0. The Morgan fingerprint density at radius 1 is 1.15 bits per heavy atom. The normalized spacial score (nSPS) is 19.1. The Morgan fingerprint density at radius 2 is 1.85 bits per heavy atom. The van der Waals surface area contributed by atoms with Gasteiger partial charge in [-0.15, -0.1) is 11.8 Å². The van der Waals surface area contributed by atoms with Crippen molar-refractivity contribution in [2.75, 3.05) is 12.4 Å². The highest BCUT2D eigenvalue weighted by Gasteiger charge is 2.44. The number of carbonyl (C=O) groups is 2. The van der Waals surface area contributed by atoms with Gasteiger partial charge in [0.2, 0.25) is 0 Å². The third kappa shape index (κ3) is 4.13. The van der Waals surface area contributed by atoms with E-state index in [1.54, 1.807) is 18.2 Å². The number of carbonyl (C=O) groups excluding carboxylic acids is 2. The van der Waals surface area contributed by atoms with Crippen molar-refractivity contribution in [1.29, 1.82) is 0 Å². The van der Waals surface area contributed by atoms with Gasteiger partial charge in [-0.25, -0.2) is 13.6 Å². The molecule has 2 aromatic rings. The number of thioether (sulfide) groups is 1. The zero-order valence-corrected chi connectivity index (χ0v) is 15.5. The maximum Gasteiger partial charge on any atom is 0.329 e. The van der Waals surface area contributed by atoms with E-state index < -0.39 is 34.9 Å². The SMILES string of the molecule is CCCOC(=O)C1CSC(c2ccc(F)cc2)N1C(=O)c1ccccc1F. The maximum absolute atomic E-state index is 14.2. The molecule has 1 aliphatic heterocycles. The lowest BCUT2D eigenvalue weighted by molar-refractivity contribution is -0.148. The first kappa shape index (κ1) is 19.4. The summed E-state index contributed by atoms with van der Waals surface area (Å²) >= 11 is 1.37. The zero-order chi connectivity index (χ0) is 19.4. The summed E-state index contributed by atoms with van der Waals surface area (Å²) in [5, 5.41) is -0.531. The van der Waals surface area contributed by atoms with Crippen LogP contribution in [-0.2, 0) is 9.53 Å². The van der Waals surface area contributed by atoms with Gasteiger partial charge in [-0.1, -0.05) is 31.2 Å². The highest BCUT2D eigenvalue weighted by Crippen LogP contribution is 2.42. The number of halogens is 2. The molecule has 2 atom stereocenters. The number of amides is 1. The largest absolute Gasteiger partial charge is 0.464 e. The van der Waals surface area contributed by atoms with E-state index in [2.05, 4.69) is 0 Å². The second-order valence-electron chi connectivity index (χ2n) is 6.11. The molecule has 0 radical (unpaired) electrons. The second-order valence-corrected chi connectivity index (χ2v) is 7.23. The smallest absolute Gasteiger partial charge is 0.329 e. The van der Waals surface area contributed by atoms with Gasteiger partial charge in [0, 0.05) is 5.75 Å². The van der Waals surface area contributed by atoms with E-state index in [1.165, 1.54) is 47.0 Å². The quantitative estimate of drug-likeness (QED) is 0.718. The molecule has 2 aromatic carbocycles. The molecular formula is C20H19F2NO3S. The number of benzene rings is 2. The Kier molecular flexibility index (Phi) is 6.11. The van der Waals surface area contributed by atoms with Crippen molar-refractivity contribution in [3.05, 3.63) is 71.3 Å². The first-order chi connectivity index (χ1) is 13.0. The van der Waals surface area contributed by atoms with Crippen molar-refractivity contribution in [1.82, 2.24) is 4.90 Å². The first-order valence-electron chi connectivity index (χ1n) is 8.63. The Labute approximate surface area is 160 Å². The van der Waals surface area contributed by atoms with E-state index in [0.717, 1.165) is 0 Å². The average molecular weight is 391 g/mol. The summed E-state index contributed by atoms with van der Waals surface area (Å²) in [6, 6.07) is 10.5. The third-order valence-electron chi connectivity index (χ3n) is 4.21. The van der Waals surface area contributed by atoms with E-state index in [-0.39, 0.29) is 12.2 Å². The van der Waals surface area contributed by atoms with Crippen LogP contribution < -0.4 is 0 Å². The topological polar surface area (TPSA) is 46.6 Å². The minimum absolute atomic E-state index is 0.111. The Hall–Kier alpha value is -2.41. The van der Waals surface area contributed by atoms with Gasteiger partial charge in [-0.3, -0.25) is 4.79 Å². The molecule has 27 heavy (non-hydrogen) atoms. The van der Waals surface area contributed by atoms with E-state index in [0.29, 0.717) is 17.7 Å². The van der Waals surface area contributed by atoms with Gasteiger partial charge in [-0.05, 0) is 36.2 Å². The summed E-state index contributed by atoms with van der Waals surface area (Å²) in [6.07, 6.45) is 0.661. The lowest BCUT2D eigenvalue weighted by atomic mass is 10.1. The molecule has 0 aromatic heterocycles. The predicted molar refractivity (Wildman–Crippen MR) is 99.2 cm³/mol. The van der Waals surface area contributed by atoms with E-state index in [9.17, 15) is 18.4 Å². The van der Waals surface area contributed by atoms with Crippen molar-refractivity contribution >= 4 is 23.6 Å².